The van der Waals surface area contributed by atoms with Gasteiger partial charge in [-0.05, 0) is 61.2 Å². The maximum atomic E-state index is 15.1. The van der Waals surface area contributed by atoms with Gasteiger partial charge < -0.3 is 14.4 Å². The fourth-order valence-electron chi connectivity index (χ4n) is 7.14. The molecule has 2 aliphatic heterocycles. The van der Waals surface area contributed by atoms with Crippen molar-refractivity contribution in [2.24, 2.45) is 0 Å². The highest BCUT2D eigenvalue weighted by Crippen LogP contribution is 2.49. The number of piperazine rings is 1. The Morgan fingerprint density at radius 3 is 2.40 bits per heavy atom. The van der Waals surface area contributed by atoms with Crippen LogP contribution in [0.25, 0.3) is 32.9 Å². The smallest absolute Gasteiger partial charge is 0.352 e. The molecule has 2 aromatic heterocycles. The van der Waals surface area contributed by atoms with Gasteiger partial charge in [0.15, 0.2) is 0 Å². The molecule has 1 amide bonds. The molecule has 0 bridgehead atoms. The van der Waals surface area contributed by atoms with E-state index in [1.54, 1.807) is 9.80 Å². The van der Waals surface area contributed by atoms with E-state index in [1.165, 1.54) is 34.5 Å². The summed E-state index contributed by atoms with van der Waals surface area (Å²) in [7, 11) is 0. The van der Waals surface area contributed by atoms with Crippen molar-refractivity contribution in [2.75, 3.05) is 23.7 Å². The summed E-state index contributed by atoms with van der Waals surface area (Å²) in [5, 5.41) is 1.21. The fourth-order valence-corrected chi connectivity index (χ4v) is 8.49. The third-order valence-corrected chi connectivity index (χ3v) is 10.4. The van der Waals surface area contributed by atoms with Gasteiger partial charge in [-0.1, -0.05) is 36.9 Å². The molecule has 3 atom stereocenters. The van der Waals surface area contributed by atoms with Crippen LogP contribution in [0.4, 0.5) is 23.4 Å². The normalized spacial score (nSPS) is 20.1. The molecule has 0 saturated carbocycles. The topological polar surface area (TPSA) is 63.4 Å². The first-order chi connectivity index (χ1) is 22.5. The Morgan fingerprint density at radius 2 is 1.72 bits per heavy atom. The number of hydrogen-bond donors (Lipinski definition) is 0. The van der Waals surface area contributed by atoms with E-state index < -0.39 is 23.2 Å². The molecule has 0 radical (unpaired) electrons. The molecule has 0 spiro atoms. The van der Waals surface area contributed by atoms with Crippen LogP contribution >= 0.6 is 11.8 Å². The second-order valence-corrected chi connectivity index (χ2v) is 13.2. The number of carbonyl (C=O) groups is 1. The van der Waals surface area contributed by atoms with Crippen molar-refractivity contribution in [3.63, 3.8) is 0 Å². The number of nitrogens with zero attached hydrogens (tertiary/aromatic N) is 5. The van der Waals surface area contributed by atoms with E-state index in [9.17, 15) is 14.0 Å². The van der Waals surface area contributed by atoms with Crippen molar-refractivity contribution >= 4 is 45.3 Å². The lowest BCUT2D eigenvalue weighted by Gasteiger charge is -2.44. The van der Waals surface area contributed by atoms with Crippen LogP contribution in [-0.4, -0.2) is 55.9 Å². The number of fused-ring (bicyclic) bond motifs is 1. The van der Waals surface area contributed by atoms with Gasteiger partial charge in [-0.15, -0.1) is 11.8 Å². The number of amides is 1. The summed E-state index contributed by atoms with van der Waals surface area (Å²) in [6.45, 7) is 8.00. The minimum absolute atomic E-state index is 0.0959. The average Bonchev–Trinajstić information content (AvgIpc) is 3.36. The molecule has 2 aliphatic rings. The predicted octanol–water partition coefficient (Wildman–Crippen LogP) is 7.13. The van der Waals surface area contributed by atoms with E-state index >= 15 is 13.2 Å². The molecular formula is C35H31F4N5O2S. The summed E-state index contributed by atoms with van der Waals surface area (Å²) < 4.78 is 62.7. The standard InChI is InChI=1S/C35H31F4N5O2S/c1-4-29(45)44-20(2)16-41(17-21(44)3)33-26-15-27(35(37,38)39)30(23-9-11-24(36)12-10-23)32-31(26)43(34(46)40-33)18-25(19-47-32)42-14-13-22-7-5-6-8-28(22)42/h4-15,20-21,25H,1,16-19H2,2-3H3/t20-,21+,25?. The molecule has 0 N–H and O–H groups in total. The fraction of sp³-hybridized carbons (Fsp3) is 0.286. The monoisotopic (exact) mass is 661 g/mol. The molecule has 1 saturated heterocycles. The van der Waals surface area contributed by atoms with Gasteiger partial charge in [-0.3, -0.25) is 9.36 Å². The predicted molar refractivity (Wildman–Crippen MR) is 176 cm³/mol. The third-order valence-electron chi connectivity index (χ3n) is 9.12. The highest BCUT2D eigenvalue weighted by Gasteiger charge is 2.40. The van der Waals surface area contributed by atoms with Crippen LogP contribution in [0.1, 0.15) is 25.5 Å². The van der Waals surface area contributed by atoms with Crippen LogP contribution in [0, 0.1) is 5.82 Å². The molecule has 3 aromatic carbocycles. The Labute approximate surface area is 272 Å². The summed E-state index contributed by atoms with van der Waals surface area (Å²) in [6, 6.07) is 14.9. The van der Waals surface area contributed by atoms with Crippen LogP contribution in [0.5, 0.6) is 0 Å². The number of rotatable bonds is 4. The van der Waals surface area contributed by atoms with Gasteiger partial charge in [0.05, 0.1) is 17.1 Å². The minimum Gasteiger partial charge on any atom is -0.352 e. The lowest BCUT2D eigenvalue weighted by atomic mass is 9.96. The Balaban J connectivity index is 1.48. The Hall–Kier alpha value is -4.58. The van der Waals surface area contributed by atoms with Crippen LogP contribution < -0.4 is 10.6 Å². The molecule has 7 nitrogen and oxygen atoms in total. The Bertz CT molecular complexity index is 2090. The first-order valence-corrected chi connectivity index (χ1v) is 16.3. The van der Waals surface area contributed by atoms with Crippen molar-refractivity contribution < 1.29 is 22.4 Å². The van der Waals surface area contributed by atoms with E-state index in [4.69, 9.17) is 0 Å². The quantitative estimate of drug-likeness (QED) is 0.152. The molecule has 4 heterocycles. The van der Waals surface area contributed by atoms with Crippen LogP contribution in [0.2, 0.25) is 0 Å². The molecule has 7 rings (SSSR count). The van der Waals surface area contributed by atoms with Crippen molar-refractivity contribution in [1.82, 2.24) is 19.0 Å². The van der Waals surface area contributed by atoms with Crippen LogP contribution in [0.15, 0.2) is 89.2 Å². The number of thioether (sulfide) groups is 1. The number of alkyl halides is 3. The van der Waals surface area contributed by atoms with Crippen molar-refractivity contribution in [1.29, 1.82) is 0 Å². The van der Waals surface area contributed by atoms with E-state index in [1.807, 2.05) is 50.4 Å². The van der Waals surface area contributed by atoms with Gasteiger partial charge >= 0.3 is 11.9 Å². The summed E-state index contributed by atoms with van der Waals surface area (Å²) in [4.78, 5) is 34.9. The van der Waals surface area contributed by atoms with Gasteiger partial charge in [0.25, 0.3) is 0 Å². The molecule has 1 fully saturated rings. The van der Waals surface area contributed by atoms with E-state index in [0.29, 0.717) is 16.2 Å². The minimum atomic E-state index is -4.77. The SMILES string of the molecule is C=CC(=O)N1[C@H](C)CN(c2nc(=O)n3c4c(c(-c5ccc(F)cc5)c(C(F)(F)F)cc24)SCC(n2ccc4ccccc42)C3)C[C@@H]1C. The largest absolute Gasteiger partial charge is 0.417 e. The summed E-state index contributed by atoms with van der Waals surface area (Å²) >= 11 is 1.26. The Kier molecular flexibility index (Phi) is 7.65. The lowest BCUT2D eigenvalue weighted by molar-refractivity contribution is -0.137. The zero-order valence-corrected chi connectivity index (χ0v) is 26.5. The molecule has 12 heteroatoms. The molecule has 0 aliphatic carbocycles. The maximum absolute atomic E-state index is 15.1. The van der Waals surface area contributed by atoms with E-state index in [2.05, 4.69) is 16.1 Å². The number of benzene rings is 3. The summed E-state index contributed by atoms with van der Waals surface area (Å²) in [5.74, 6) is -0.291. The van der Waals surface area contributed by atoms with Gasteiger partial charge in [0, 0.05) is 65.0 Å². The molecular weight excluding hydrogens is 630 g/mol. The average molecular weight is 662 g/mol. The van der Waals surface area contributed by atoms with E-state index in [-0.39, 0.29) is 66.0 Å². The van der Waals surface area contributed by atoms with Crippen LogP contribution in [0.3, 0.4) is 0 Å². The second-order valence-electron chi connectivity index (χ2n) is 12.2. The number of hydrogen-bond acceptors (Lipinski definition) is 5. The number of para-hydroxylation sites is 1. The van der Waals surface area contributed by atoms with Gasteiger partial charge in [0.1, 0.15) is 11.6 Å². The number of carbonyl (C=O) groups excluding carboxylic acids is 1. The van der Waals surface area contributed by atoms with Crippen molar-refractivity contribution in [3.8, 4) is 11.1 Å². The molecule has 242 valence electrons. The van der Waals surface area contributed by atoms with Gasteiger partial charge in [-0.25, -0.2) is 9.18 Å². The molecule has 5 aromatic rings. The summed E-state index contributed by atoms with van der Waals surface area (Å²) in [6.07, 6.45) is -1.59. The maximum Gasteiger partial charge on any atom is 0.417 e. The van der Waals surface area contributed by atoms with Gasteiger partial charge in [0.2, 0.25) is 5.91 Å². The zero-order chi connectivity index (χ0) is 33.2. The van der Waals surface area contributed by atoms with Crippen LogP contribution in [-0.2, 0) is 17.5 Å². The van der Waals surface area contributed by atoms with Crippen molar-refractivity contribution in [2.45, 2.75) is 49.6 Å². The highest BCUT2D eigenvalue weighted by molar-refractivity contribution is 7.99. The number of anilines is 1. The number of halogens is 4. The van der Waals surface area contributed by atoms with Crippen molar-refractivity contribution in [3.05, 3.63) is 101 Å². The summed E-state index contributed by atoms with van der Waals surface area (Å²) in [5.41, 5.74) is -0.0550. The Morgan fingerprint density at radius 1 is 1.02 bits per heavy atom. The first-order valence-electron chi connectivity index (χ1n) is 15.3. The van der Waals surface area contributed by atoms with E-state index in [0.717, 1.165) is 29.1 Å². The highest BCUT2D eigenvalue weighted by atomic mass is 32.2. The third kappa shape index (κ3) is 5.28. The number of aromatic nitrogens is 3. The van der Waals surface area contributed by atoms with Gasteiger partial charge in [-0.2, -0.15) is 18.2 Å². The first kappa shape index (κ1) is 31.0. The lowest BCUT2D eigenvalue weighted by Crippen LogP contribution is -2.58. The second kappa shape index (κ2) is 11.6. The molecule has 47 heavy (non-hydrogen) atoms. The molecule has 1 unspecified atom stereocenters. The zero-order valence-electron chi connectivity index (χ0n) is 25.7.